The van der Waals surface area contributed by atoms with Gasteiger partial charge in [-0.2, -0.15) is 0 Å². The van der Waals surface area contributed by atoms with E-state index in [4.69, 9.17) is 0 Å². The van der Waals surface area contributed by atoms with Gasteiger partial charge in [-0.3, -0.25) is 4.79 Å². The van der Waals surface area contributed by atoms with Crippen LogP contribution >= 0.6 is 0 Å². The zero-order valence-corrected chi connectivity index (χ0v) is 9.25. The monoisotopic (exact) mass is 224 g/mol. The fraction of sp³-hybridized carbons (Fsp3) is 0.182. The van der Waals surface area contributed by atoms with Crippen LogP contribution in [0, 0.1) is 0 Å². The number of Topliss-reactive ketones (excluding diaryl/α,β-unsaturated/α-hetero) is 1. The molecule has 3 nitrogen and oxygen atoms in total. The van der Waals surface area contributed by atoms with Crippen LogP contribution in [0.2, 0.25) is 0 Å². The molecule has 0 aliphatic rings. The number of benzene rings is 1. The Hall–Kier alpha value is -1.42. The Bertz CT molecular complexity index is 472. The van der Waals surface area contributed by atoms with E-state index in [-0.39, 0.29) is 17.1 Å². The van der Waals surface area contributed by atoms with E-state index in [0.29, 0.717) is 5.56 Å². The van der Waals surface area contributed by atoms with Gasteiger partial charge in [-0.1, -0.05) is 36.9 Å². The topological polar surface area (TPSA) is 51.2 Å². The zero-order chi connectivity index (χ0) is 11.5. The molecule has 0 aromatic heterocycles. The van der Waals surface area contributed by atoms with Crippen LogP contribution in [-0.4, -0.2) is 26.2 Å². The van der Waals surface area contributed by atoms with Gasteiger partial charge >= 0.3 is 0 Å². The lowest BCUT2D eigenvalue weighted by atomic mass is 10.1. The Balaban J connectivity index is 2.84. The fourth-order valence-electron chi connectivity index (χ4n) is 1.18. The summed E-state index contributed by atoms with van der Waals surface area (Å²) >= 11 is 0. The molecule has 0 N–H and O–H groups in total. The van der Waals surface area contributed by atoms with E-state index < -0.39 is 9.84 Å². The summed E-state index contributed by atoms with van der Waals surface area (Å²) in [4.78, 5) is 11.7. The minimum Gasteiger partial charge on any atom is -0.289 e. The molecule has 0 amide bonds. The fourth-order valence-corrected chi connectivity index (χ4v) is 1.94. The molecular formula is C11H12O3S. The molecule has 80 valence electrons. The lowest BCUT2D eigenvalue weighted by Crippen LogP contribution is -2.12. The van der Waals surface area contributed by atoms with E-state index in [9.17, 15) is 13.2 Å². The predicted octanol–water partition coefficient (Wildman–Crippen LogP) is 1.47. The van der Waals surface area contributed by atoms with E-state index in [1.54, 1.807) is 30.3 Å². The van der Waals surface area contributed by atoms with Gasteiger partial charge in [-0.25, -0.2) is 8.42 Å². The summed E-state index contributed by atoms with van der Waals surface area (Å²) in [6.45, 7) is 3.49. The Kier molecular flexibility index (Phi) is 3.42. The first-order valence-electron chi connectivity index (χ1n) is 4.35. The smallest absolute Gasteiger partial charge is 0.189 e. The highest BCUT2D eigenvalue weighted by atomic mass is 32.2. The van der Waals surface area contributed by atoms with Crippen molar-refractivity contribution in [2.45, 2.75) is 0 Å². The van der Waals surface area contributed by atoms with Crippen LogP contribution in [0.1, 0.15) is 10.4 Å². The van der Waals surface area contributed by atoms with Crippen LogP contribution in [0.15, 0.2) is 42.5 Å². The summed E-state index contributed by atoms with van der Waals surface area (Å²) in [7, 11) is -3.20. The van der Waals surface area contributed by atoms with Gasteiger partial charge in [0.15, 0.2) is 15.6 Å². The number of carbonyl (C=O) groups excluding carboxylic acids is 1. The van der Waals surface area contributed by atoms with Gasteiger partial charge in [0, 0.05) is 17.4 Å². The van der Waals surface area contributed by atoms with Crippen molar-refractivity contribution < 1.29 is 13.2 Å². The maximum atomic E-state index is 11.7. The number of rotatable bonds is 4. The van der Waals surface area contributed by atoms with Gasteiger partial charge in [0.05, 0.1) is 5.75 Å². The molecule has 0 unspecified atom stereocenters. The minimum absolute atomic E-state index is 0.101. The number of ketones is 1. The van der Waals surface area contributed by atoms with E-state index in [2.05, 4.69) is 6.58 Å². The van der Waals surface area contributed by atoms with Gasteiger partial charge in [0.1, 0.15) is 0 Å². The second kappa shape index (κ2) is 4.40. The summed E-state index contributed by atoms with van der Waals surface area (Å²) < 4.78 is 21.9. The third-order valence-corrected chi connectivity index (χ3v) is 2.67. The largest absolute Gasteiger partial charge is 0.289 e. The third kappa shape index (κ3) is 3.67. The predicted molar refractivity (Wildman–Crippen MR) is 59.6 cm³/mol. The van der Waals surface area contributed by atoms with Crippen LogP contribution in [0.5, 0.6) is 0 Å². The molecule has 0 saturated heterocycles. The van der Waals surface area contributed by atoms with E-state index in [1.807, 2.05) is 0 Å². The number of hydrogen-bond donors (Lipinski definition) is 0. The van der Waals surface area contributed by atoms with Crippen LogP contribution in [0.25, 0.3) is 0 Å². The second-order valence-electron chi connectivity index (χ2n) is 3.37. The second-order valence-corrected chi connectivity index (χ2v) is 5.51. The van der Waals surface area contributed by atoms with Crippen molar-refractivity contribution in [1.29, 1.82) is 0 Å². The molecular weight excluding hydrogens is 212 g/mol. The summed E-state index contributed by atoms with van der Waals surface area (Å²) in [5.74, 6) is -0.609. The lowest BCUT2D eigenvalue weighted by Gasteiger charge is -2.02. The highest BCUT2D eigenvalue weighted by molar-refractivity contribution is 7.90. The number of sulfone groups is 1. The van der Waals surface area contributed by atoms with Gasteiger partial charge in [-0.15, -0.1) is 0 Å². The van der Waals surface area contributed by atoms with Crippen molar-refractivity contribution in [3.05, 3.63) is 48.0 Å². The Labute approximate surface area is 89.4 Å². The van der Waals surface area contributed by atoms with Crippen molar-refractivity contribution in [1.82, 2.24) is 0 Å². The Morgan fingerprint density at radius 2 is 1.80 bits per heavy atom. The molecule has 0 aliphatic heterocycles. The first-order chi connectivity index (χ1) is 6.90. The highest BCUT2D eigenvalue weighted by Gasteiger charge is 2.14. The summed E-state index contributed by atoms with van der Waals surface area (Å²) in [5.41, 5.74) is 0.565. The standard InChI is InChI=1S/C11H12O3S/c1-9(8-15(2,13)14)11(12)10-6-4-3-5-7-10/h3-7H,1,8H2,2H3. The molecule has 1 aromatic carbocycles. The summed E-state index contributed by atoms with van der Waals surface area (Å²) in [5, 5.41) is 0. The molecule has 1 aromatic rings. The molecule has 0 saturated carbocycles. The van der Waals surface area contributed by atoms with Crippen LogP contribution < -0.4 is 0 Å². The maximum Gasteiger partial charge on any atom is 0.189 e. The third-order valence-electron chi connectivity index (χ3n) is 1.79. The van der Waals surface area contributed by atoms with Crippen molar-refractivity contribution in [3.63, 3.8) is 0 Å². The van der Waals surface area contributed by atoms with Crippen LogP contribution in [0.3, 0.4) is 0 Å². The van der Waals surface area contributed by atoms with Crippen molar-refractivity contribution >= 4 is 15.6 Å². The van der Waals surface area contributed by atoms with Gasteiger partial charge in [-0.05, 0) is 0 Å². The highest BCUT2D eigenvalue weighted by Crippen LogP contribution is 2.08. The first-order valence-corrected chi connectivity index (χ1v) is 6.41. The molecule has 4 heteroatoms. The van der Waals surface area contributed by atoms with Crippen molar-refractivity contribution in [3.8, 4) is 0 Å². The van der Waals surface area contributed by atoms with E-state index in [1.165, 1.54) is 0 Å². The molecule has 0 atom stereocenters. The summed E-state index contributed by atoms with van der Waals surface area (Å²) in [6.07, 6.45) is 1.08. The molecule has 15 heavy (non-hydrogen) atoms. The van der Waals surface area contributed by atoms with Gasteiger partial charge < -0.3 is 0 Å². The average molecular weight is 224 g/mol. The normalized spacial score (nSPS) is 11.0. The first kappa shape index (κ1) is 11.7. The van der Waals surface area contributed by atoms with E-state index >= 15 is 0 Å². The molecule has 0 bridgehead atoms. The molecule has 1 rings (SSSR count). The summed E-state index contributed by atoms with van der Waals surface area (Å²) in [6, 6.07) is 8.50. The number of hydrogen-bond acceptors (Lipinski definition) is 3. The number of carbonyl (C=O) groups is 1. The van der Waals surface area contributed by atoms with Gasteiger partial charge in [0.25, 0.3) is 0 Å². The maximum absolute atomic E-state index is 11.7. The zero-order valence-electron chi connectivity index (χ0n) is 8.43. The minimum atomic E-state index is -3.20. The quantitative estimate of drug-likeness (QED) is 0.575. The molecule has 0 aliphatic carbocycles. The van der Waals surface area contributed by atoms with Crippen LogP contribution in [0.4, 0.5) is 0 Å². The van der Waals surface area contributed by atoms with Gasteiger partial charge in [0.2, 0.25) is 0 Å². The lowest BCUT2D eigenvalue weighted by molar-refractivity contribution is 0.103. The van der Waals surface area contributed by atoms with Crippen molar-refractivity contribution in [2.24, 2.45) is 0 Å². The average Bonchev–Trinajstić information content (AvgIpc) is 2.15. The Morgan fingerprint density at radius 3 is 2.27 bits per heavy atom. The van der Waals surface area contributed by atoms with Crippen LogP contribution in [-0.2, 0) is 9.84 Å². The molecule has 0 radical (unpaired) electrons. The molecule has 0 heterocycles. The SMILES string of the molecule is C=C(CS(C)(=O)=O)C(=O)c1ccccc1. The molecule has 0 fully saturated rings. The Morgan fingerprint density at radius 1 is 1.27 bits per heavy atom. The van der Waals surface area contributed by atoms with E-state index in [0.717, 1.165) is 6.26 Å². The van der Waals surface area contributed by atoms with Crippen molar-refractivity contribution in [2.75, 3.05) is 12.0 Å². The molecule has 0 spiro atoms.